The van der Waals surface area contributed by atoms with E-state index in [1.165, 1.54) is 90.1 Å². The predicted octanol–water partition coefficient (Wildman–Crippen LogP) is 7.13. The minimum absolute atomic E-state index is 0.331. The van der Waals surface area contributed by atoms with Crippen LogP contribution in [-0.4, -0.2) is 29.6 Å². The lowest BCUT2D eigenvalue weighted by molar-refractivity contribution is 0.140. The minimum Gasteiger partial charge on any atom is -0.388 e. The van der Waals surface area contributed by atoms with Crippen molar-refractivity contribution < 1.29 is 5.11 Å². The zero-order valence-electron chi connectivity index (χ0n) is 18.2. The van der Waals surface area contributed by atoms with E-state index in [0.29, 0.717) is 0 Å². The highest BCUT2D eigenvalue weighted by molar-refractivity contribution is 5.17. The van der Waals surface area contributed by atoms with Crippen LogP contribution in [0.5, 0.6) is 0 Å². The topological polar surface area (TPSA) is 23.5 Å². The molecule has 0 saturated carbocycles. The molecule has 1 rings (SSSR count). The lowest BCUT2D eigenvalue weighted by Crippen LogP contribution is -2.28. The van der Waals surface area contributed by atoms with Crippen LogP contribution < -0.4 is 0 Å². The van der Waals surface area contributed by atoms with E-state index in [1.807, 2.05) is 30.3 Å². The fourth-order valence-electron chi connectivity index (χ4n) is 3.71. The first kappa shape index (κ1) is 24.2. The van der Waals surface area contributed by atoms with Gasteiger partial charge in [0.25, 0.3) is 0 Å². The van der Waals surface area contributed by atoms with Gasteiger partial charge in [-0.3, -0.25) is 0 Å². The number of hydrogen-bond acceptors (Lipinski definition) is 2. The summed E-state index contributed by atoms with van der Waals surface area (Å²) >= 11 is 0. The van der Waals surface area contributed by atoms with Crippen molar-refractivity contribution in [2.24, 2.45) is 0 Å². The van der Waals surface area contributed by atoms with Gasteiger partial charge < -0.3 is 10.0 Å². The van der Waals surface area contributed by atoms with Crippen LogP contribution in [0.2, 0.25) is 0 Å². The Morgan fingerprint density at radius 3 is 1.67 bits per heavy atom. The molecule has 0 fully saturated rings. The summed E-state index contributed by atoms with van der Waals surface area (Å²) in [6, 6.07) is 10.1. The van der Waals surface area contributed by atoms with Gasteiger partial charge >= 0.3 is 0 Å². The van der Waals surface area contributed by atoms with Gasteiger partial charge in [-0.05, 0) is 37.9 Å². The maximum absolute atomic E-state index is 10.5. The number of aliphatic hydroxyl groups excluding tert-OH is 1. The fourth-order valence-corrected chi connectivity index (χ4v) is 3.71. The third-order valence-electron chi connectivity index (χ3n) is 5.56. The van der Waals surface area contributed by atoms with Gasteiger partial charge in [-0.25, -0.2) is 0 Å². The lowest BCUT2D eigenvalue weighted by Gasteiger charge is -2.24. The molecule has 0 aromatic heterocycles. The zero-order chi connectivity index (χ0) is 19.6. The Morgan fingerprint density at radius 1 is 0.667 bits per heavy atom. The Hall–Kier alpha value is -0.860. The van der Waals surface area contributed by atoms with Crippen molar-refractivity contribution in [3.8, 4) is 0 Å². The van der Waals surface area contributed by atoms with Crippen molar-refractivity contribution in [2.75, 3.05) is 19.6 Å². The smallest absolute Gasteiger partial charge is 0.0802 e. The van der Waals surface area contributed by atoms with Gasteiger partial charge in [0, 0.05) is 6.54 Å². The maximum atomic E-state index is 10.5. The molecule has 0 radical (unpaired) electrons. The first-order chi connectivity index (χ1) is 13.3. The standard InChI is InChI=1S/C25H45NO/c1-3-5-7-9-11-16-21-26(22-17-12-10-8-6-4-2)23-20-25(27)24-18-14-13-15-19-24/h13-15,18-19,25,27H,3-12,16-17,20-23H2,1-2H3/t25-/m0/s1. The molecule has 27 heavy (non-hydrogen) atoms. The summed E-state index contributed by atoms with van der Waals surface area (Å²) in [6.07, 6.45) is 16.8. The molecule has 2 nitrogen and oxygen atoms in total. The number of benzene rings is 1. The average Bonchev–Trinajstić information content (AvgIpc) is 2.71. The molecule has 0 unspecified atom stereocenters. The third kappa shape index (κ3) is 13.0. The lowest BCUT2D eigenvalue weighted by atomic mass is 10.1. The number of rotatable bonds is 18. The molecule has 1 aromatic carbocycles. The van der Waals surface area contributed by atoms with E-state index in [1.54, 1.807) is 0 Å². The fraction of sp³-hybridized carbons (Fsp3) is 0.760. The molecular weight excluding hydrogens is 330 g/mol. The van der Waals surface area contributed by atoms with Gasteiger partial charge in [-0.15, -0.1) is 0 Å². The highest BCUT2D eigenvalue weighted by Crippen LogP contribution is 2.17. The Labute approximate surface area is 169 Å². The third-order valence-corrected chi connectivity index (χ3v) is 5.56. The summed E-state index contributed by atoms with van der Waals surface area (Å²) in [5.41, 5.74) is 1.05. The molecule has 0 bridgehead atoms. The molecule has 0 aliphatic heterocycles. The van der Waals surface area contributed by atoms with E-state index in [-0.39, 0.29) is 6.10 Å². The van der Waals surface area contributed by atoms with Crippen LogP contribution in [0.4, 0.5) is 0 Å². The quantitative estimate of drug-likeness (QED) is 0.276. The molecule has 0 aliphatic carbocycles. The van der Waals surface area contributed by atoms with Gasteiger partial charge in [0.15, 0.2) is 0 Å². The summed E-state index contributed by atoms with van der Waals surface area (Å²) < 4.78 is 0. The highest BCUT2D eigenvalue weighted by atomic mass is 16.3. The number of unbranched alkanes of at least 4 members (excludes halogenated alkanes) is 10. The van der Waals surface area contributed by atoms with Gasteiger partial charge in [0.1, 0.15) is 0 Å². The summed E-state index contributed by atoms with van der Waals surface area (Å²) in [4.78, 5) is 2.60. The van der Waals surface area contributed by atoms with Crippen molar-refractivity contribution in [2.45, 2.75) is 103 Å². The summed E-state index contributed by atoms with van der Waals surface area (Å²) in [5, 5.41) is 10.5. The van der Waals surface area contributed by atoms with Crippen molar-refractivity contribution in [1.29, 1.82) is 0 Å². The van der Waals surface area contributed by atoms with Crippen LogP contribution in [0.1, 0.15) is 109 Å². The van der Waals surface area contributed by atoms with Gasteiger partial charge in [-0.1, -0.05) is 108 Å². The second kappa shape index (κ2) is 17.3. The predicted molar refractivity (Wildman–Crippen MR) is 119 cm³/mol. The molecule has 156 valence electrons. The second-order valence-corrected chi connectivity index (χ2v) is 8.09. The maximum Gasteiger partial charge on any atom is 0.0802 e. The number of aliphatic hydroxyl groups is 1. The molecule has 0 amide bonds. The SMILES string of the molecule is CCCCCCCCN(CCCCCCCC)CC[C@H](O)c1ccccc1. The number of hydrogen-bond donors (Lipinski definition) is 1. The monoisotopic (exact) mass is 375 g/mol. The normalized spacial score (nSPS) is 12.6. The summed E-state index contributed by atoms with van der Waals surface area (Å²) in [5.74, 6) is 0. The Morgan fingerprint density at radius 2 is 1.15 bits per heavy atom. The molecule has 1 atom stereocenters. The van der Waals surface area contributed by atoms with Crippen molar-refractivity contribution >= 4 is 0 Å². The van der Waals surface area contributed by atoms with E-state index >= 15 is 0 Å². The number of nitrogens with zero attached hydrogens (tertiary/aromatic N) is 1. The molecular formula is C25H45NO. The molecule has 0 saturated heterocycles. The summed E-state index contributed by atoms with van der Waals surface area (Å²) in [7, 11) is 0. The van der Waals surface area contributed by atoms with Crippen LogP contribution in [0.15, 0.2) is 30.3 Å². The van der Waals surface area contributed by atoms with Gasteiger partial charge in [0.05, 0.1) is 6.10 Å². The van der Waals surface area contributed by atoms with Gasteiger partial charge in [-0.2, -0.15) is 0 Å². The van der Waals surface area contributed by atoms with Crippen molar-refractivity contribution in [3.63, 3.8) is 0 Å². The molecule has 0 aliphatic rings. The first-order valence-electron chi connectivity index (χ1n) is 11.7. The van der Waals surface area contributed by atoms with E-state index in [0.717, 1.165) is 18.5 Å². The largest absolute Gasteiger partial charge is 0.388 e. The van der Waals surface area contributed by atoms with E-state index in [4.69, 9.17) is 0 Å². The van der Waals surface area contributed by atoms with Gasteiger partial charge in [0.2, 0.25) is 0 Å². The minimum atomic E-state index is -0.331. The Balaban J connectivity index is 2.29. The van der Waals surface area contributed by atoms with Crippen molar-refractivity contribution in [3.05, 3.63) is 35.9 Å². The van der Waals surface area contributed by atoms with Crippen molar-refractivity contribution in [1.82, 2.24) is 4.90 Å². The highest BCUT2D eigenvalue weighted by Gasteiger charge is 2.11. The Kier molecular flexibility index (Phi) is 15.4. The molecule has 0 spiro atoms. The van der Waals surface area contributed by atoms with Crippen LogP contribution >= 0.6 is 0 Å². The van der Waals surface area contributed by atoms with Crippen LogP contribution in [0.25, 0.3) is 0 Å². The van der Waals surface area contributed by atoms with E-state index < -0.39 is 0 Å². The van der Waals surface area contributed by atoms with Crippen LogP contribution in [0.3, 0.4) is 0 Å². The van der Waals surface area contributed by atoms with Crippen LogP contribution in [-0.2, 0) is 0 Å². The molecule has 0 heterocycles. The first-order valence-corrected chi connectivity index (χ1v) is 11.7. The zero-order valence-corrected chi connectivity index (χ0v) is 18.2. The molecule has 1 aromatic rings. The van der Waals surface area contributed by atoms with Crippen LogP contribution in [0, 0.1) is 0 Å². The Bertz CT molecular complexity index is 404. The molecule has 1 N–H and O–H groups in total. The van der Waals surface area contributed by atoms with E-state index in [2.05, 4.69) is 18.7 Å². The summed E-state index contributed by atoms with van der Waals surface area (Å²) in [6.45, 7) is 7.96. The average molecular weight is 376 g/mol. The second-order valence-electron chi connectivity index (χ2n) is 8.09. The van der Waals surface area contributed by atoms with E-state index in [9.17, 15) is 5.11 Å². The molecule has 2 heteroatoms.